The van der Waals surface area contributed by atoms with Crippen molar-refractivity contribution in [2.75, 3.05) is 26.2 Å². The summed E-state index contributed by atoms with van der Waals surface area (Å²) in [6, 6.07) is 6.99. The van der Waals surface area contributed by atoms with Gasteiger partial charge in [0, 0.05) is 11.5 Å². The van der Waals surface area contributed by atoms with E-state index in [2.05, 4.69) is 22.3 Å². The van der Waals surface area contributed by atoms with Crippen LogP contribution in [-0.4, -0.2) is 42.2 Å². The molecule has 0 radical (unpaired) electrons. The van der Waals surface area contributed by atoms with E-state index in [-0.39, 0.29) is 0 Å². The lowest BCUT2D eigenvalue weighted by Gasteiger charge is -2.59. The molecule has 3 atom stereocenters. The molecule has 1 aromatic rings. The normalized spacial score (nSPS) is 34.9. The first kappa shape index (κ1) is 17.1. The van der Waals surface area contributed by atoms with Crippen molar-refractivity contribution >= 4 is 0 Å². The lowest BCUT2D eigenvalue weighted by atomic mass is 9.52. The van der Waals surface area contributed by atoms with E-state index < -0.39 is 0 Å². The molecule has 1 aromatic carbocycles. The van der Waals surface area contributed by atoms with Gasteiger partial charge in [0.2, 0.25) is 0 Å². The number of phenols is 1. The van der Waals surface area contributed by atoms with Crippen molar-refractivity contribution < 1.29 is 5.11 Å². The summed E-state index contributed by atoms with van der Waals surface area (Å²) in [5.41, 5.74) is 3.40. The van der Waals surface area contributed by atoms with Gasteiger partial charge in [-0.15, -0.1) is 0 Å². The molecule has 1 saturated carbocycles. The summed E-state index contributed by atoms with van der Waals surface area (Å²) in [6.07, 6.45) is 12.1. The number of hydrogen-bond donors (Lipinski definition) is 2. The summed E-state index contributed by atoms with van der Waals surface area (Å²) >= 11 is 0. The van der Waals surface area contributed by atoms with Crippen molar-refractivity contribution in [1.29, 1.82) is 0 Å². The maximum Gasteiger partial charge on any atom is 0.115 e. The predicted octanol–water partition coefficient (Wildman–Crippen LogP) is 3.84. The third kappa shape index (κ3) is 2.79. The molecule has 4 aliphatic rings. The number of piperidine rings is 2. The van der Waals surface area contributed by atoms with Gasteiger partial charge in [-0.05, 0) is 106 Å². The molecule has 0 unspecified atom stereocenters. The summed E-state index contributed by atoms with van der Waals surface area (Å²) in [7, 11) is 0. The van der Waals surface area contributed by atoms with Crippen LogP contribution in [0.15, 0.2) is 18.2 Å². The van der Waals surface area contributed by atoms with E-state index in [1.54, 1.807) is 0 Å². The molecule has 142 valence electrons. The topological polar surface area (TPSA) is 35.5 Å². The first-order chi connectivity index (χ1) is 12.8. The molecule has 2 heterocycles. The number of nitrogens with zero attached hydrogens (tertiary/aromatic N) is 1. The fraction of sp³-hybridized carbons (Fsp3) is 0.739. The van der Waals surface area contributed by atoms with Crippen molar-refractivity contribution in [3.63, 3.8) is 0 Å². The fourth-order valence-corrected chi connectivity index (χ4v) is 6.87. The Morgan fingerprint density at radius 1 is 1.12 bits per heavy atom. The Morgan fingerprint density at radius 3 is 2.88 bits per heavy atom. The molecular weight excluding hydrogens is 320 g/mol. The minimum Gasteiger partial charge on any atom is -0.508 e. The van der Waals surface area contributed by atoms with Gasteiger partial charge < -0.3 is 10.4 Å². The lowest BCUT2D eigenvalue weighted by Crippen LogP contribution is -2.61. The minimum absolute atomic E-state index is 0.362. The number of aromatic hydroxyl groups is 1. The monoisotopic (exact) mass is 354 g/mol. The molecule has 3 fully saturated rings. The largest absolute Gasteiger partial charge is 0.508 e. The van der Waals surface area contributed by atoms with Crippen LogP contribution in [0.4, 0.5) is 0 Å². The SMILES string of the molecule is Oc1ccc2c(c1)[C@]13CCCC[C@H]1[C@H](C2)N(CCC1CCNCC1)CC3. The Bertz CT molecular complexity index is 654. The van der Waals surface area contributed by atoms with E-state index in [0.29, 0.717) is 11.2 Å². The standard InChI is InChI=1S/C23H34N2O/c26-19-5-4-18-15-22-20-3-1-2-9-23(20,21(18)16-19)10-14-25(22)13-8-17-6-11-24-12-7-17/h4-5,16-17,20,22,24,26H,1-3,6-15H2/t20-,22-,23-/m0/s1. The molecule has 3 heteroatoms. The molecule has 26 heavy (non-hydrogen) atoms. The van der Waals surface area contributed by atoms with E-state index in [9.17, 15) is 5.11 Å². The summed E-state index contributed by atoms with van der Waals surface area (Å²) in [5, 5.41) is 13.6. The van der Waals surface area contributed by atoms with E-state index in [1.807, 2.05) is 6.07 Å². The molecule has 0 aromatic heterocycles. The van der Waals surface area contributed by atoms with Crippen LogP contribution in [0, 0.1) is 11.8 Å². The Morgan fingerprint density at radius 2 is 2.00 bits per heavy atom. The van der Waals surface area contributed by atoms with Crippen LogP contribution in [-0.2, 0) is 11.8 Å². The van der Waals surface area contributed by atoms with E-state index in [0.717, 1.165) is 17.9 Å². The maximum atomic E-state index is 10.1. The Balaban J connectivity index is 1.39. The Hall–Kier alpha value is -1.06. The smallest absolute Gasteiger partial charge is 0.115 e. The van der Waals surface area contributed by atoms with Crippen molar-refractivity contribution in [3.8, 4) is 5.75 Å². The zero-order chi connectivity index (χ0) is 17.6. The number of rotatable bonds is 3. The quantitative estimate of drug-likeness (QED) is 0.866. The molecule has 3 nitrogen and oxygen atoms in total. The van der Waals surface area contributed by atoms with E-state index in [4.69, 9.17) is 0 Å². The lowest BCUT2D eigenvalue weighted by molar-refractivity contribution is -0.0141. The van der Waals surface area contributed by atoms with Crippen LogP contribution >= 0.6 is 0 Å². The minimum atomic E-state index is 0.362. The van der Waals surface area contributed by atoms with E-state index in [1.165, 1.54) is 95.1 Å². The zero-order valence-corrected chi connectivity index (χ0v) is 16.1. The first-order valence-electron chi connectivity index (χ1n) is 11.0. The van der Waals surface area contributed by atoms with Gasteiger partial charge >= 0.3 is 0 Å². The van der Waals surface area contributed by atoms with Crippen molar-refractivity contribution in [1.82, 2.24) is 10.2 Å². The van der Waals surface area contributed by atoms with Crippen molar-refractivity contribution in [2.45, 2.75) is 69.2 Å². The second kappa shape index (κ2) is 6.83. The Kier molecular flexibility index (Phi) is 4.48. The van der Waals surface area contributed by atoms with Crippen LogP contribution in [0.2, 0.25) is 0 Å². The average Bonchev–Trinajstić information content (AvgIpc) is 2.69. The van der Waals surface area contributed by atoms with Crippen LogP contribution in [0.3, 0.4) is 0 Å². The number of hydrogen-bond acceptors (Lipinski definition) is 3. The van der Waals surface area contributed by atoms with Crippen molar-refractivity contribution in [3.05, 3.63) is 29.3 Å². The van der Waals surface area contributed by atoms with Gasteiger partial charge in [-0.3, -0.25) is 4.90 Å². The highest BCUT2D eigenvalue weighted by Gasteiger charge is 2.53. The van der Waals surface area contributed by atoms with Crippen molar-refractivity contribution in [2.24, 2.45) is 11.8 Å². The van der Waals surface area contributed by atoms with Crippen LogP contribution in [0.25, 0.3) is 0 Å². The van der Waals surface area contributed by atoms with Crippen LogP contribution in [0.1, 0.15) is 62.5 Å². The Labute approximate surface area is 158 Å². The molecule has 2 bridgehead atoms. The molecule has 2 aliphatic heterocycles. The highest BCUT2D eigenvalue weighted by molar-refractivity contribution is 5.45. The van der Waals surface area contributed by atoms with Gasteiger partial charge in [0.05, 0.1) is 0 Å². The fourth-order valence-electron chi connectivity index (χ4n) is 6.87. The summed E-state index contributed by atoms with van der Waals surface area (Å²) in [5.74, 6) is 2.21. The number of nitrogens with one attached hydrogen (secondary N) is 1. The summed E-state index contributed by atoms with van der Waals surface area (Å²) in [4.78, 5) is 2.87. The van der Waals surface area contributed by atoms with Crippen LogP contribution < -0.4 is 5.32 Å². The van der Waals surface area contributed by atoms with Gasteiger partial charge in [0.1, 0.15) is 5.75 Å². The predicted molar refractivity (Wildman–Crippen MR) is 106 cm³/mol. The van der Waals surface area contributed by atoms with Gasteiger partial charge in [0.15, 0.2) is 0 Å². The third-order valence-electron chi connectivity index (χ3n) is 8.22. The molecule has 0 spiro atoms. The summed E-state index contributed by atoms with van der Waals surface area (Å²) < 4.78 is 0. The molecule has 5 rings (SSSR count). The summed E-state index contributed by atoms with van der Waals surface area (Å²) in [6.45, 7) is 5.00. The van der Waals surface area contributed by atoms with Crippen LogP contribution in [0.5, 0.6) is 5.75 Å². The second-order valence-electron chi connectivity index (χ2n) is 9.39. The third-order valence-corrected chi connectivity index (χ3v) is 8.22. The van der Waals surface area contributed by atoms with E-state index >= 15 is 0 Å². The van der Waals surface area contributed by atoms with Gasteiger partial charge in [-0.1, -0.05) is 18.9 Å². The maximum absolute atomic E-state index is 10.1. The number of fused-ring (bicyclic) bond motifs is 1. The zero-order valence-electron chi connectivity index (χ0n) is 16.1. The highest BCUT2D eigenvalue weighted by Crippen LogP contribution is 2.56. The molecular formula is C23H34N2O. The molecule has 2 N–H and O–H groups in total. The average molecular weight is 355 g/mol. The number of benzene rings is 1. The molecule has 2 aliphatic carbocycles. The molecule has 2 saturated heterocycles. The second-order valence-corrected chi connectivity index (χ2v) is 9.39. The van der Waals surface area contributed by atoms with Gasteiger partial charge in [0.25, 0.3) is 0 Å². The number of likely N-dealkylation sites (tertiary alicyclic amines) is 1. The number of phenolic OH excluding ortho intramolecular Hbond substituents is 1. The molecule has 0 amide bonds. The van der Waals surface area contributed by atoms with Gasteiger partial charge in [-0.25, -0.2) is 0 Å². The highest BCUT2D eigenvalue weighted by atomic mass is 16.3. The van der Waals surface area contributed by atoms with Gasteiger partial charge in [-0.2, -0.15) is 0 Å². The first-order valence-corrected chi connectivity index (χ1v) is 11.0.